The van der Waals surface area contributed by atoms with Crippen LogP contribution in [0.1, 0.15) is 65.4 Å². The normalized spacial score (nSPS) is 12.2. The fourth-order valence-electron chi connectivity index (χ4n) is 4.10. The summed E-state index contributed by atoms with van der Waals surface area (Å²) in [7, 11) is 0. The maximum atomic E-state index is 13.4. The summed E-state index contributed by atoms with van der Waals surface area (Å²) in [5, 5.41) is 0. The van der Waals surface area contributed by atoms with Gasteiger partial charge in [0, 0.05) is 12.6 Å². The molecule has 0 saturated heterocycles. The summed E-state index contributed by atoms with van der Waals surface area (Å²) < 4.78 is 1.31. The topological polar surface area (TPSA) is 104 Å². The van der Waals surface area contributed by atoms with Crippen molar-refractivity contribution in [2.24, 2.45) is 0 Å². The summed E-state index contributed by atoms with van der Waals surface area (Å²) in [4.78, 5) is 44.6. The number of nitrogens with zero attached hydrogens (tertiary/aromatic N) is 3. The summed E-state index contributed by atoms with van der Waals surface area (Å²) in [6.45, 7) is 9.76. The molecule has 0 aliphatic carbocycles. The number of likely N-dealkylation sites (N-methyl/N-ethyl adjacent to an activating group) is 1. The van der Waals surface area contributed by atoms with Crippen molar-refractivity contribution in [3.63, 3.8) is 0 Å². The second-order valence-electron chi connectivity index (χ2n) is 8.52. The van der Waals surface area contributed by atoms with Gasteiger partial charge in [0.1, 0.15) is 5.82 Å². The molecule has 2 aromatic rings. The Labute approximate surface area is 196 Å². The summed E-state index contributed by atoms with van der Waals surface area (Å²) in [6, 6.07) is 9.64. The number of carbonyl (C=O) groups is 1. The fourth-order valence-corrected chi connectivity index (χ4v) is 4.10. The molecule has 1 unspecified atom stereocenters. The van der Waals surface area contributed by atoms with E-state index in [-0.39, 0.29) is 43.1 Å². The predicted molar refractivity (Wildman–Crippen MR) is 135 cm³/mol. The van der Waals surface area contributed by atoms with E-state index in [0.29, 0.717) is 0 Å². The fraction of sp³-hybridized carbons (Fsp3) is 0.560. The van der Waals surface area contributed by atoms with E-state index in [1.807, 2.05) is 30.3 Å². The van der Waals surface area contributed by atoms with E-state index in [4.69, 9.17) is 5.73 Å². The molecule has 0 fully saturated rings. The van der Waals surface area contributed by atoms with Crippen molar-refractivity contribution in [3.8, 4) is 0 Å². The number of hydrogen-bond acceptors (Lipinski definition) is 5. The molecule has 0 aliphatic rings. The van der Waals surface area contributed by atoms with Crippen LogP contribution in [-0.4, -0.2) is 46.0 Å². The van der Waals surface area contributed by atoms with Crippen LogP contribution in [0.3, 0.4) is 0 Å². The summed E-state index contributed by atoms with van der Waals surface area (Å²) >= 11 is 0. The number of carbonyl (C=O) groups excluding carboxylic acids is 1. The molecule has 0 radical (unpaired) electrons. The lowest BCUT2D eigenvalue weighted by molar-refractivity contribution is -0.120. The molecular weight excluding hydrogens is 418 g/mol. The number of anilines is 2. The zero-order chi connectivity index (χ0) is 24.4. The molecule has 1 amide bonds. The highest BCUT2D eigenvalue weighted by molar-refractivity contribution is 5.96. The van der Waals surface area contributed by atoms with Gasteiger partial charge in [-0.2, -0.15) is 0 Å². The molecule has 0 spiro atoms. The van der Waals surface area contributed by atoms with Crippen LogP contribution in [0, 0.1) is 0 Å². The third-order valence-electron chi connectivity index (χ3n) is 6.00. The van der Waals surface area contributed by atoms with Crippen LogP contribution in [0.15, 0.2) is 39.9 Å². The van der Waals surface area contributed by atoms with Crippen LogP contribution in [0.2, 0.25) is 0 Å². The molecule has 2 rings (SSSR count). The number of amides is 1. The van der Waals surface area contributed by atoms with E-state index >= 15 is 0 Å². The van der Waals surface area contributed by atoms with E-state index in [1.54, 1.807) is 6.92 Å². The van der Waals surface area contributed by atoms with Gasteiger partial charge in [-0.05, 0) is 38.8 Å². The molecule has 8 heteroatoms. The summed E-state index contributed by atoms with van der Waals surface area (Å²) in [5.74, 6) is -0.194. The van der Waals surface area contributed by atoms with Crippen molar-refractivity contribution in [1.29, 1.82) is 0 Å². The zero-order valence-corrected chi connectivity index (χ0v) is 20.5. The number of H-pyrrole nitrogens is 1. The van der Waals surface area contributed by atoms with Gasteiger partial charge in [-0.25, -0.2) is 4.79 Å². The van der Waals surface area contributed by atoms with Gasteiger partial charge in [0.2, 0.25) is 5.91 Å². The molecular formula is C25H39N5O3. The number of rotatable bonds is 13. The first-order valence-electron chi connectivity index (χ1n) is 12.0. The van der Waals surface area contributed by atoms with Gasteiger partial charge in [-0.3, -0.25) is 24.0 Å². The molecule has 1 heterocycles. The lowest BCUT2D eigenvalue weighted by Crippen LogP contribution is -2.47. The third-order valence-corrected chi connectivity index (χ3v) is 6.00. The second-order valence-corrected chi connectivity index (χ2v) is 8.52. The molecule has 1 aromatic heterocycles. The number of benzene rings is 1. The Bertz CT molecular complexity index is 999. The molecule has 0 saturated carbocycles. The number of aromatic nitrogens is 2. The van der Waals surface area contributed by atoms with Crippen molar-refractivity contribution in [2.45, 2.75) is 72.4 Å². The number of hydrogen-bond donors (Lipinski definition) is 2. The van der Waals surface area contributed by atoms with E-state index in [1.165, 1.54) is 9.47 Å². The first-order chi connectivity index (χ1) is 15.8. The smallest absolute Gasteiger partial charge is 0.330 e. The first-order valence-corrected chi connectivity index (χ1v) is 12.0. The molecule has 8 nitrogen and oxygen atoms in total. The second kappa shape index (κ2) is 13.0. The number of aromatic amines is 1. The Morgan fingerprint density at radius 2 is 1.79 bits per heavy atom. The standard InChI is InChI=1S/C25H39N5O3/c1-5-8-12-16-28(19(4)13-6-2)18-21(31)29(7-3)22-23(26)30(25(33)27-24(22)32)17-20-14-10-9-11-15-20/h9-11,14-15,19H,5-8,12-13,16-18,26H2,1-4H3,(H,27,32,33). The van der Waals surface area contributed by atoms with Crippen molar-refractivity contribution >= 4 is 17.4 Å². The Morgan fingerprint density at radius 3 is 2.39 bits per heavy atom. The van der Waals surface area contributed by atoms with Crippen molar-refractivity contribution in [2.75, 3.05) is 30.3 Å². The summed E-state index contributed by atoms with van der Waals surface area (Å²) in [6.07, 6.45) is 5.27. The van der Waals surface area contributed by atoms with Gasteiger partial charge >= 0.3 is 5.69 Å². The highest BCUT2D eigenvalue weighted by atomic mass is 16.2. The van der Waals surface area contributed by atoms with Gasteiger partial charge in [0.05, 0.1) is 13.1 Å². The third kappa shape index (κ3) is 7.05. The minimum Gasteiger partial charge on any atom is -0.383 e. The number of nitrogens with one attached hydrogen (secondary N) is 1. The molecule has 3 N–H and O–H groups in total. The van der Waals surface area contributed by atoms with Gasteiger partial charge in [0.25, 0.3) is 5.56 Å². The van der Waals surface area contributed by atoms with E-state index in [9.17, 15) is 14.4 Å². The van der Waals surface area contributed by atoms with Crippen LogP contribution in [0.4, 0.5) is 11.5 Å². The van der Waals surface area contributed by atoms with Crippen molar-refractivity contribution < 1.29 is 4.79 Å². The highest BCUT2D eigenvalue weighted by Crippen LogP contribution is 2.19. The van der Waals surface area contributed by atoms with Crippen LogP contribution in [0.25, 0.3) is 0 Å². The molecule has 182 valence electrons. The highest BCUT2D eigenvalue weighted by Gasteiger charge is 2.26. The number of nitrogens with two attached hydrogens (primary N) is 1. The van der Waals surface area contributed by atoms with E-state index < -0.39 is 11.2 Å². The Hall–Kier alpha value is -2.87. The maximum absolute atomic E-state index is 13.4. The van der Waals surface area contributed by atoms with Crippen LogP contribution in [-0.2, 0) is 11.3 Å². The Kier molecular flexibility index (Phi) is 10.4. The molecule has 1 aromatic carbocycles. The maximum Gasteiger partial charge on any atom is 0.330 e. The van der Waals surface area contributed by atoms with Crippen molar-refractivity contribution in [1.82, 2.24) is 14.5 Å². The van der Waals surface area contributed by atoms with Gasteiger partial charge < -0.3 is 10.6 Å². The quantitative estimate of drug-likeness (QED) is 0.450. The van der Waals surface area contributed by atoms with Gasteiger partial charge in [0.15, 0.2) is 5.69 Å². The van der Waals surface area contributed by atoms with Gasteiger partial charge in [-0.15, -0.1) is 0 Å². The lowest BCUT2D eigenvalue weighted by Gasteiger charge is -2.31. The predicted octanol–water partition coefficient (Wildman–Crippen LogP) is 3.20. The number of nitrogen functional groups attached to an aromatic ring is 1. The molecule has 0 aliphatic heterocycles. The molecule has 33 heavy (non-hydrogen) atoms. The molecule has 1 atom stereocenters. The average molecular weight is 458 g/mol. The minimum atomic E-state index is -0.642. The van der Waals surface area contributed by atoms with Crippen LogP contribution >= 0.6 is 0 Å². The monoisotopic (exact) mass is 457 g/mol. The Balaban J connectivity index is 2.35. The van der Waals surface area contributed by atoms with Gasteiger partial charge in [-0.1, -0.05) is 63.4 Å². The van der Waals surface area contributed by atoms with Crippen LogP contribution in [0.5, 0.6) is 0 Å². The SMILES string of the molecule is CCCCCN(CC(=O)N(CC)c1c(N)n(Cc2ccccc2)c(=O)[nH]c1=O)C(C)CCC. The van der Waals surface area contributed by atoms with E-state index in [2.05, 4.69) is 30.7 Å². The van der Waals surface area contributed by atoms with Crippen LogP contribution < -0.4 is 21.9 Å². The Morgan fingerprint density at radius 1 is 1.09 bits per heavy atom. The average Bonchev–Trinajstić information content (AvgIpc) is 2.79. The lowest BCUT2D eigenvalue weighted by atomic mass is 10.1. The minimum absolute atomic E-state index is 0.00180. The summed E-state index contributed by atoms with van der Waals surface area (Å²) in [5.41, 5.74) is 5.99. The largest absolute Gasteiger partial charge is 0.383 e. The van der Waals surface area contributed by atoms with E-state index in [0.717, 1.165) is 44.2 Å². The molecule has 0 bridgehead atoms. The first kappa shape index (κ1) is 26.4. The number of unbranched alkanes of at least 4 members (excludes halogenated alkanes) is 2. The van der Waals surface area contributed by atoms with Crippen molar-refractivity contribution in [3.05, 3.63) is 56.7 Å². The zero-order valence-electron chi connectivity index (χ0n) is 20.5.